The second-order valence-corrected chi connectivity index (χ2v) is 6.80. The maximum atomic E-state index is 12.6. The zero-order valence-electron chi connectivity index (χ0n) is 13.8. The molecular weight excluding hydrogens is 386 g/mol. The molecule has 0 spiro atoms. The number of nitrogens with zero attached hydrogens (tertiary/aromatic N) is 2. The Kier molecular flexibility index (Phi) is 4.62. The van der Waals surface area contributed by atoms with Gasteiger partial charge in [0.15, 0.2) is 10.7 Å². The summed E-state index contributed by atoms with van der Waals surface area (Å²) in [6.45, 7) is 0. The van der Waals surface area contributed by atoms with Crippen LogP contribution in [0.4, 0.5) is 5.69 Å². The third kappa shape index (κ3) is 3.42. The van der Waals surface area contributed by atoms with Gasteiger partial charge in [-0.05, 0) is 24.3 Å². The van der Waals surface area contributed by atoms with Crippen molar-refractivity contribution in [3.05, 3.63) is 87.2 Å². The third-order valence-corrected chi connectivity index (χ3v) is 4.86. The summed E-state index contributed by atoms with van der Waals surface area (Å²) < 4.78 is 7.16. The monoisotopic (exact) mass is 397 g/mol. The number of benzene rings is 2. The van der Waals surface area contributed by atoms with Crippen molar-refractivity contribution in [2.24, 2.45) is 0 Å². The minimum absolute atomic E-state index is 0.0570. The van der Waals surface area contributed by atoms with Crippen LogP contribution in [0.15, 0.2) is 71.1 Å². The molecule has 0 fully saturated rings. The molecule has 8 heteroatoms. The van der Waals surface area contributed by atoms with Crippen LogP contribution in [0.1, 0.15) is 10.4 Å². The van der Waals surface area contributed by atoms with E-state index in [4.69, 9.17) is 16.3 Å². The molecule has 0 atom stereocenters. The van der Waals surface area contributed by atoms with Crippen molar-refractivity contribution in [3.63, 3.8) is 0 Å². The largest absolute Gasteiger partial charge is 0.454 e. The van der Waals surface area contributed by atoms with Gasteiger partial charge in [0.1, 0.15) is 11.3 Å². The molecule has 134 valence electrons. The van der Waals surface area contributed by atoms with E-state index in [9.17, 15) is 9.59 Å². The van der Waals surface area contributed by atoms with Crippen molar-refractivity contribution in [3.8, 4) is 11.5 Å². The van der Waals surface area contributed by atoms with Crippen molar-refractivity contribution in [2.45, 2.75) is 0 Å². The summed E-state index contributed by atoms with van der Waals surface area (Å²) >= 11 is 7.45. The molecule has 4 rings (SSSR count). The van der Waals surface area contributed by atoms with Gasteiger partial charge in [0.25, 0.3) is 11.5 Å². The van der Waals surface area contributed by atoms with E-state index in [0.29, 0.717) is 27.2 Å². The number of hydrogen-bond donors (Lipinski definition) is 1. The van der Waals surface area contributed by atoms with Crippen LogP contribution >= 0.6 is 22.9 Å². The van der Waals surface area contributed by atoms with E-state index < -0.39 is 11.5 Å². The number of halogens is 1. The highest BCUT2D eigenvalue weighted by atomic mass is 35.5. The number of aromatic nitrogens is 2. The zero-order chi connectivity index (χ0) is 18.8. The first-order valence-corrected chi connectivity index (χ1v) is 9.17. The summed E-state index contributed by atoms with van der Waals surface area (Å²) in [7, 11) is 0. The number of rotatable bonds is 4. The van der Waals surface area contributed by atoms with Crippen LogP contribution in [0.2, 0.25) is 5.02 Å². The lowest BCUT2D eigenvalue weighted by molar-refractivity contribution is 0.102. The maximum absolute atomic E-state index is 12.6. The van der Waals surface area contributed by atoms with E-state index >= 15 is 0 Å². The maximum Gasteiger partial charge on any atom is 0.271 e. The minimum Gasteiger partial charge on any atom is -0.454 e. The summed E-state index contributed by atoms with van der Waals surface area (Å²) in [4.78, 5) is 29.8. The molecule has 27 heavy (non-hydrogen) atoms. The zero-order valence-corrected chi connectivity index (χ0v) is 15.3. The van der Waals surface area contributed by atoms with Crippen molar-refractivity contribution in [1.29, 1.82) is 0 Å². The molecule has 0 unspecified atom stereocenters. The average Bonchev–Trinajstić information content (AvgIpc) is 3.15. The van der Waals surface area contributed by atoms with Crippen LogP contribution in [0.5, 0.6) is 11.5 Å². The Bertz CT molecular complexity index is 1200. The number of hydrogen-bond acceptors (Lipinski definition) is 5. The normalized spacial score (nSPS) is 10.7. The predicted octanol–water partition coefficient (Wildman–Crippen LogP) is 4.45. The number of thiazole rings is 1. The van der Waals surface area contributed by atoms with Gasteiger partial charge in [-0.1, -0.05) is 35.9 Å². The Morgan fingerprint density at radius 2 is 1.85 bits per heavy atom. The second-order valence-electron chi connectivity index (χ2n) is 5.52. The smallest absolute Gasteiger partial charge is 0.271 e. The predicted molar refractivity (Wildman–Crippen MR) is 105 cm³/mol. The highest BCUT2D eigenvalue weighted by molar-refractivity contribution is 7.15. The van der Waals surface area contributed by atoms with Crippen LogP contribution in [-0.2, 0) is 0 Å². The number of carbonyl (C=O) groups is 1. The molecule has 1 N–H and O–H groups in total. The first kappa shape index (κ1) is 17.3. The Morgan fingerprint density at radius 1 is 1.11 bits per heavy atom. The van der Waals surface area contributed by atoms with Gasteiger partial charge in [-0.25, -0.2) is 4.98 Å². The molecule has 4 aromatic rings. The van der Waals surface area contributed by atoms with Crippen LogP contribution in [0, 0.1) is 0 Å². The number of fused-ring (bicyclic) bond motifs is 1. The lowest BCUT2D eigenvalue weighted by atomic mass is 10.2. The van der Waals surface area contributed by atoms with Crippen LogP contribution in [0.25, 0.3) is 4.96 Å². The molecule has 2 aromatic heterocycles. The minimum atomic E-state index is -0.566. The number of para-hydroxylation sites is 3. The molecule has 0 saturated heterocycles. The Labute approximate surface area is 162 Å². The summed E-state index contributed by atoms with van der Waals surface area (Å²) in [5.41, 5.74) is -0.0704. The second kappa shape index (κ2) is 7.22. The van der Waals surface area contributed by atoms with Crippen LogP contribution < -0.4 is 15.6 Å². The van der Waals surface area contributed by atoms with Gasteiger partial charge in [-0.2, -0.15) is 0 Å². The Balaban J connectivity index is 1.64. The molecule has 0 radical (unpaired) electrons. The number of nitrogens with one attached hydrogen (secondary N) is 1. The average molecular weight is 398 g/mol. The highest BCUT2D eigenvalue weighted by Crippen LogP contribution is 2.33. The van der Waals surface area contributed by atoms with Gasteiger partial charge >= 0.3 is 0 Å². The number of anilines is 1. The Morgan fingerprint density at radius 3 is 2.67 bits per heavy atom. The van der Waals surface area contributed by atoms with Crippen LogP contribution in [0.3, 0.4) is 0 Å². The van der Waals surface area contributed by atoms with Gasteiger partial charge in [-0.15, -0.1) is 11.3 Å². The van der Waals surface area contributed by atoms with Gasteiger partial charge in [0.2, 0.25) is 0 Å². The molecule has 6 nitrogen and oxygen atoms in total. The fourth-order valence-corrected chi connectivity index (χ4v) is 3.32. The molecular formula is C19H12ClN3O3S. The van der Waals surface area contributed by atoms with Crippen molar-refractivity contribution in [1.82, 2.24) is 9.38 Å². The lowest BCUT2D eigenvalue weighted by Crippen LogP contribution is -2.25. The van der Waals surface area contributed by atoms with E-state index in [1.54, 1.807) is 60.1 Å². The van der Waals surface area contributed by atoms with E-state index in [1.807, 2.05) is 0 Å². The van der Waals surface area contributed by atoms with Gasteiger partial charge < -0.3 is 10.1 Å². The molecule has 0 saturated carbocycles. The van der Waals surface area contributed by atoms with Crippen molar-refractivity contribution < 1.29 is 9.53 Å². The van der Waals surface area contributed by atoms with Crippen LogP contribution in [-0.4, -0.2) is 15.3 Å². The SMILES string of the molecule is O=C(Nc1ccccc1Oc1ccccc1Cl)c1cnc2sccn2c1=O. The fourth-order valence-electron chi connectivity index (χ4n) is 2.47. The molecule has 2 heterocycles. The molecule has 0 bridgehead atoms. The van der Waals surface area contributed by atoms with Crippen molar-refractivity contribution in [2.75, 3.05) is 5.32 Å². The van der Waals surface area contributed by atoms with Gasteiger partial charge in [-0.3, -0.25) is 14.0 Å². The van der Waals surface area contributed by atoms with Gasteiger partial charge in [0.05, 0.1) is 10.7 Å². The first-order chi connectivity index (χ1) is 13.1. The summed E-state index contributed by atoms with van der Waals surface area (Å²) in [5, 5.41) is 4.89. The standard InChI is InChI=1S/C19H12ClN3O3S/c20-13-5-1-3-7-15(13)26-16-8-4-2-6-14(16)22-17(24)12-11-21-19-23(18(12)25)9-10-27-19/h1-11H,(H,22,24). The third-order valence-electron chi connectivity index (χ3n) is 3.78. The lowest BCUT2D eigenvalue weighted by Gasteiger charge is -2.13. The summed E-state index contributed by atoms with van der Waals surface area (Å²) in [6.07, 6.45) is 2.86. The van der Waals surface area contributed by atoms with E-state index in [2.05, 4.69) is 10.3 Å². The summed E-state index contributed by atoms with van der Waals surface area (Å²) in [6, 6.07) is 13.9. The summed E-state index contributed by atoms with van der Waals surface area (Å²) in [5.74, 6) is 0.300. The highest BCUT2D eigenvalue weighted by Gasteiger charge is 2.16. The molecule has 2 aromatic carbocycles. The van der Waals surface area contributed by atoms with E-state index in [-0.39, 0.29) is 5.56 Å². The molecule has 1 amide bonds. The van der Waals surface area contributed by atoms with Gasteiger partial charge in [0, 0.05) is 17.8 Å². The van der Waals surface area contributed by atoms with Crippen molar-refractivity contribution >= 4 is 39.5 Å². The number of ether oxygens (including phenoxy) is 1. The van der Waals surface area contributed by atoms with E-state index in [0.717, 1.165) is 0 Å². The number of amides is 1. The fraction of sp³-hybridized carbons (Fsp3) is 0. The van der Waals surface area contributed by atoms with E-state index in [1.165, 1.54) is 21.9 Å². The Hall–Kier alpha value is -3.16. The first-order valence-electron chi connectivity index (χ1n) is 7.91. The molecule has 0 aliphatic rings. The molecule has 0 aliphatic heterocycles. The number of carbonyl (C=O) groups excluding carboxylic acids is 1. The molecule has 0 aliphatic carbocycles. The topological polar surface area (TPSA) is 72.7 Å². The quantitative estimate of drug-likeness (QED) is 0.552.